The lowest BCUT2D eigenvalue weighted by atomic mass is 9.85. The van der Waals surface area contributed by atoms with E-state index in [1.165, 1.54) is 25.2 Å². The smallest absolute Gasteiger partial charge is 0.337 e. The molecule has 3 aromatic rings. The summed E-state index contributed by atoms with van der Waals surface area (Å²) in [6, 6.07) is 16.7. The Bertz CT molecular complexity index is 1490. The highest BCUT2D eigenvalue weighted by Gasteiger charge is 2.47. The van der Waals surface area contributed by atoms with Crippen molar-refractivity contribution in [3.63, 3.8) is 0 Å². The molecule has 7 heteroatoms. The summed E-state index contributed by atoms with van der Waals surface area (Å²) in [7, 11) is 2.77. The Morgan fingerprint density at radius 3 is 2.21 bits per heavy atom. The lowest BCUT2D eigenvalue weighted by Gasteiger charge is -2.27. The predicted molar refractivity (Wildman–Crippen MR) is 150 cm³/mol. The molecular weight excluding hydrogens is 494 g/mol. The van der Waals surface area contributed by atoms with Crippen LogP contribution in [0.2, 0.25) is 0 Å². The lowest BCUT2D eigenvalue weighted by molar-refractivity contribution is -0.132. The van der Waals surface area contributed by atoms with Crippen LogP contribution < -0.4 is 9.64 Å². The van der Waals surface area contributed by atoms with E-state index in [9.17, 15) is 19.5 Å². The standard InChI is InChI=1S/C32H33NO6/c1-18-15-19(2)29(38-6)24(16-18)27(34)25-26(20-11-13-22(14-12-20)32(3,4)5)33(30(36)28(25)35)23-10-8-9-21(17-23)31(37)39-7/h8-17,26,34H,1-7H3/b27-25+. The van der Waals surface area contributed by atoms with Gasteiger partial charge in [0.2, 0.25) is 0 Å². The van der Waals surface area contributed by atoms with Crippen molar-refractivity contribution in [3.8, 4) is 5.75 Å². The molecule has 4 rings (SSSR count). The van der Waals surface area contributed by atoms with Gasteiger partial charge in [-0.1, -0.05) is 57.2 Å². The molecule has 0 spiro atoms. The monoisotopic (exact) mass is 527 g/mol. The van der Waals surface area contributed by atoms with Crippen LogP contribution in [0.4, 0.5) is 5.69 Å². The molecule has 0 aliphatic carbocycles. The Balaban J connectivity index is 2.00. The fourth-order valence-corrected chi connectivity index (χ4v) is 5.03. The summed E-state index contributed by atoms with van der Waals surface area (Å²) >= 11 is 0. The number of ketones is 1. The molecule has 1 aliphatic heterocycles. The molecule has 0 saturated carbocycles. The Morgan fingerprint density at radius 1 is 0.949 bits per heavy atom. The van der Waals surface area contributed by atoms with Crippen LogP contribution >= 0.6 is 0 Å². The van der Waals surface area contributed by atoms with E-state index >= 15 is 0 Å². The maximum Gasteiger partial charge on any atom is 0.337 e. The SMILES string of the molecule is COC(=O)c1cccc(N2C(=O)C(=O)/C(=C(/O)c3cc(C)cc(C)c3OC)C2c2ccc(C(C)(C)C)cc2)c1. The number of nitrogens with zero attached hydrogens (tertiary/aromatic N) is 1. The van der Waals surface area contributed by atoms with Gasteiger partial charge in [-0.25, -0.2) is 4.79 Å². The van der Waals surface area contributed by atoms with Gasteiger partial charge in [0, 0.05) is 5.69 Å². The minimum Gasteiger partial charge on any atom is -0.507 e. The third-order valence-corrected chi connectivity index (χ3v) is 6.96. The molecule has 1 heterocycles. The summed E-state index contributed by atoms with van der Waals surface area (Å²) in [5, 5.41) is 11.7. The zero-order valence-electron chi connectivity index (χ0n) is 23.3. The van der Waals surface area contributed by atoms with Gasteiger partial charge in [0.05, 0.1) is 37.0 Å². The van der Waals surface area contributed by atoms with Crippen LogP contribution in [0, 0.1) is 13.8 Å². The number of amides is 1. The number of hydrogen-bond acceptors (Lipinski definition) is 6. The first-order chi connectivity index (χ1) is 18.4. The number of aliphatic hydroxyl groups is 1. The number of esters is 1. The lowest BCUT2D eigenvalue weighted by Crippen LogP contribution is -2.29. The zero-order chi connectivity index (χ0) is 28.6. The van der Waals surface area contributed by atoms with E-state index in [0.29, 0.717) is 22.6 Å². The summed E-state index contributed by atoms with van der Waals surface area (Å²) in [6.07, 6.45) is 0. The molecule has 0 aromatic heterocycles. The van der Waals surface area contributed by atoms with Crippen LogP contribution in [0.25, 0.3) is 5.76 Å². The fourth-order valence-electron chi connectivity index (χ4n) is 5.03. The van der Waals surface area contributed by atoms with Crippen molar-refractivity contribution < 1.29 is 29.0 Å². The number of ether oxygens (including phenoxy) is 2. The molecule has 1 atom stereocenters. The highest BCUT2D eigenvalue weighted by molar-refractivity contribution is 6.51. The highest BCUT2D eigenvalue weighted by Crippen LogP contribution is 2.44. The van der Waals surface area contributed by atoms with E-state index in [1.54, 1.807) is 24.3 Å². The molecule has 1 unspecified atom stereocenters. The third-order valence-electron chi connectivity index (χ3n) is 6.96. The quantitative estimate of drug-likeness (QED) is 0.189. The molecule has 1 N–H and O–H groups in total. The second-order valence-corrected chi connectivity index (χ2v) is 10.7. The first kappa shape index (κ1) is 27.6. The number of rotatable bonds is 5. The van der Waals surface area contributed by atoms with Crippen molar-refractivity contribution in [1.82, 2.24) is 0 Å². The average molecular weight is 528 g/mol. The summed E-state index contributed by atoms with van der Waals surface area (Å²) in [6.45, 7) is 10.0. The summed E-state index contributed by atoms with van der Waals surface area (Å²) in [5.41, 5.74) is 4.07. The van der Waals surface area contributed by atoms with E-state index in [4.69, 9.17) is 9.47 Å². The number of methoxy groups -OCH3 is 2. The van der Waals surface area contributed by atoms with E-state index < -0.39 is 23.7 Å². The van der Waals surface area contributed by atoms with Gasteiger partial charge in [0.15, 0.2) is 0 Å². The number of anilines is 1. The normalized spacial score (nSPS) is 16.9. The highest BCUT2D eigenvalue weighted by atomic mass is 16.5. The number of carbonyl (C=O) groups is 3. The second kappa shape index (κ2) is 10.4. The summed E-state index contributed by atoms with van der Waals surface area (Å²) < 4.78 is 10.4. The molecule has 0 radical (unpaired) electrons. The second-order valence-electron chi connectivity index (χ2n) is 10.7. The first-order valence-electron chi connectivity index (χ1n) is 12.6. The number of aliphatic hydroxyl groups excluding tert-OH is 1. The Morgan fingerprint density at radius 2 is 1.62 bits per heavy atom. The number of hydrogen-bond donors (Lipinski definition) is 1. The fraction of sp³-hybridized carbons (Fsp3) is 0.281. The molecule has 1 aliphatic rings. The van der Waals surface area contributed by atoms with Gasteiger partial charge in [-0.2, -0.15) is 0 Å². The van der Waals surface area contributed by atoms with Gasteiger partial charge >= 0.3 is 5.97 Å². The molecule has 202 valence electrons. The Labute approximate surface area is 228 Å². The number of benzene rings is 3. The summed E-state index contributed by atoms with van der Waals surface area (Å²) in [4.78, 5) is 40.8. The maximum absolute atomic E-state index is 13.6. The van der Waals surface area contributed by atoms with Crippen molar-refractivity contribution in [2.45, 2.75) is 46.1 Å². The number of Topliss-reactive ketones (excluding diaryl/α,β-unsaturated/α-hetero) is 1. The van der Waals surface area contributed by atoms with Crippen molar-refractivity contribution in [2.75, 3.05) is 19.1 Å². The van der Waals surface area contributed by atoms with E-state index in [-0.39, 0.29) is 22.3 Å². The van der Waals surface area contributed by atoms with Crippen molar-refractivity contribution in [1.29, 1.82) is 0 Å². The van der Waals surface area contributed by atoms with Gasteiger partial charge in [-0.05, 0) is 65.8 Å². The van der Waals surface area contributed by atoms with Gasteiger partial charge in [0.1, 0.15) is 11.5 Å². The topological polar surface area (TPSA) is 93.1 Å². The van der Waals surface area contributed by atoms with Gasteiger partial charge in [0.25, 0.3) is 11.7 Å². The van der Waals surface area contributed by atoms with Crippen LogP contribution in [0.1, 0.15) is 65.0 Å². The molecule has 1 fully saturated rings. The molecule has 3 aromatic carbocycles. The van der Waals surface area contributed by atoms with E-state index in [2.05, 4.69) is 20.8 Å². The van der Waals surface area contributed by atoms with Gasteiger partial charge in [-0.3, -0.25) is 14.5 Å². The first-order valence-corrected chi connectivity index (χ1v) is 12.6. The molecular formula is C32H33NO6. The average Bonchev–Trinajstić information content (AvgIpc) is 3.17. The molecule has 39 heavy (non-hydrogen) atoms. The van der Waals surface area contributed by atoms with Crippen LogP contribution in [0.15, 0.2) is 66.2 Å². The van der Waals surface area contributed by atoms with Crippen molar-refractivity contribution >= 4 is 29.1 Å². The number of aryl methyl sites for hydroxylation is 2. The molecule has 7 nitrogen and oxygen atoms in total. The predicted octanol–water partition coefficient (Wildman–Crippen LogP) is 6.02. The zero-order valence-corrected chi connectivity index (χ0v) is 23.3. The molecule has 1 saturated heterocycles. The van der Waals surface area contributed by atoms with E-state index in [1.807, 2.05) is 44.2 Å². The van der Waals surface area contributed by atoms with Crippen LogP contribution in [-0.2, 0) is 19.7 Å². The Hall–Kier alpha value is -4.39. The van der Waals surface area contributed by atoms with Crippen molar-refractivity contribution in [2.24, 2.45) is 0 Å². The maximum atomic E-state index is 13.6. The number of carbonyl (C=O) groups excluding carboxylic acids is 3. The molecule has 0 bridgehead atoms. The molecule has 1 amide bonds. The van der Waals surface area contributed by atoms with Crippen molar-refractivity contribution in [3.05, 3.63) is 99.6 Å². The van der Waals surface area contributed by atoms with Gasteiger partial charge < -0.3 is 14.6 Å². The minimum absolute atomic E-state index is 0.0599. The van der Waals surface area contributed by atoms with E-state index in [0.717, 1.165) is 16.7 Å². The Kier molecular flexibility index (Phi) is 7.37. The third kappa shape index (κ3) is 5.04. The van der Waals surface area contributed by atoms with Crippen LogP contribution in [0.5, 0.6) is 5.75 Å². The van der Waals surface area contributed by atoms with Crippen LogP contribution in [0.3, 0.4) is 0 Å². The minimum atomic E-state index is -0.947. The summed E-state index contributed by atoms with van der Waals surface area (Å²) in [5.74, 6) is -2.12. The van der Waals surface area contributed by atoms with Crippen LogP contribution in [-0.4, -0.2) is 37.0 Å². The van der Waals surface area contributed by atoms with Gasteiger partial charge in [-0.15, -0.1) is 0 Å². The largest absolute Gasteiger partial charge is 0.507 e.